The van der Waals surface area contributed by atoms with Crippen LogP contribution in [-0.2, 0) is 38.6 Å². The Balaban J connectivity index is 1.65. The fourth-order valence-electron chi connectivity index (χ4n) is 5.86. The number of H-pyrrole nitrogens is 1. The Kier molecular flexibility index (Phi) is 11.1. The summed E-state index contributed by atoms with van der Waals surface area (Å²) in [6.45, 7) is 6.66. The number of nitrogens with one attached hydrogen (secondary N) is 4. The fourth-order valence-corrected chi connectivity index (χ4v) is 6.12. The summed E-state index contributed by atoms with van der Waals surface area (Å²) in [6.07, 6.45) is 0.199. The number of alkyl carbamates (subject to hydrolysis) is 1. The topological polar surface area (TPSA) is 155 Å². The highest BCUT2D eigenvalue weighted by Gasteiger charge is 2.47. The number of ether oxygens (including phenoxy) is 1. The Bertz CT molecular complexity index is 1660. The number of rotatable bonds is 12. The average Bonchev–Trinajstić information content (AvgIpc) is 3.37. The van der Waals surface area contributed by atoms with Crippen LogP contribution in [-0.4, -0.2) is 46.4 Å². The molecule has 1 aliphatic carbocycles. The smallest absolute Gasteiger partial charge is 0.408 e. The van der Waals surface area contributed by atoms with Crippen molar-refractivity contribution in [3.05, 3.63) is 69.6 Å². The maximum absolute atomic E-state index is 14.5. The minimum absolute atomic E-state index is 0.0661. The van der Waals surface area contributed by atoms with Gasteiger partial charge >= 0.3 is 6.09 Å². The number of aromatic nitrogens is 1. The molecule has 0 spiro atoms. The van der Waals surface area contributed by atoms with E-state index in [1.165, 1.54) is 12.1 Å². The van der Waals surface area contributed by atoms with Gasteiger partial charge in [-0.2, -0.15) is 0 Å². The number of halogens is 4. The first-order chi connectivity index (χ1) is 22.2. The molecular formula is C33H39ClF3N5O5. The molecule has 1 aliphatic rings. The lowest BCUT2D eigenvalue weighted by Crippen LogP contribution is -2.67. The van der Waals surface area contributed by atoms with Gasteiger partial charge in [-0.3, -0.25) is 14.4 Å². The predicted octanol–water partition coefficient (Wildman–Crippen LogP) is 4.94. The van der Waals surface area contributed by atoms with Crippen molar-refractivity contribution in [2.24, 2.45) is 17.6 Å². The van der Waals surface area contributed by atoms with Gasteiger partial charge in [0.2, 0.25) is 17.7 Å². The van der Waals surface area contributed by atoms with Gasteiger partial charge in [0.25, 0.3) is 0 Å². The number of primary amides is 1. The van der Waals surface area contributed by atoms with E-state index in [1.54, 1.807) is 20.8 Å². The normalized spacial score (nSPS) is 18.4. The van der Waals surface area contributed by atoms with Crippen LogP contribution in [0.1, 0.15) is 63.8 Å². The van der Waals surface area contributed by atoms with Gasteiger partial charge in [0.15, 0.2) is 0 Å². The molecule has 6 N–H and O–H groups in total. The maximum atomic E-state index is 14.5. The van der Waals surface area contributed by atoms with E-state index in [1.807, 2.05) is 6.92 Å². The molecule has 4 amide bonds. The summed E-state index contributed by atoms with van der Waals surface area (Å²) in [5.41, 5.74) is 5.83. The zero-order valence-electron chi connectivity index (χ0n) is 26.6. The van der Waals surface area contributed by atoms with Gasteiger partial charge in [-0.25, -0.2) is 18.0 Å². The molecule has 0 saturated heterocycles. The van der Waals surface area contributed by atoms with Crippen LogP contribution in [0, 0.1) is 29.3 Å². The number of carbonyl (C=O) groups is 4. The lowest BCUT2D eigenvalue weighted by molar-refractivity contribution is -0.137. The molecule has 2 unspecified atom stereocenters. The number of aromatic amines is 1. The number of benzene rings is 2. The SMILES string of the molecule is CC[C@H](C)C(NC(=O)[C@@]1(NC(=O)C(NC(=O)OCc2cc(F)cc(F)c2)[C@@H](C)CC)CCc2[nH]c3c(Cl)cc(F)cc3c2C1)C(N)=O. The highest BCUT2D eigenvalue weighted by atomic mass is 35.5. The van der Waals surface area contributed by atoms with Gasteiger partial charge < -0.3 is 31.4 Å². The highest BCUT2D eigenvalue weighted by molar-refractivity contribution is 6.35. The van der Waals surface area contributed by atoms with Gasteiger partial charge in [-0.05, 0) is 60.1 Å². The summed E-state index contributed by atoms with van der Waals surface area (Å²) < 4.78 is 46.8. The molecule has 14 heteroatoms. The van der Waals surface area contributed by atoms with E-state index in [-0.39, 0.29) is 35.8 Å². The zero-order chi connectivity index (χ0) is 34.6. The predicted molar refractivity (Wildman–Crippen MR) is 170 cm³/mol. The summed E-state index contributed by atoms with van der Waals surface area (Å²) in [5.74, 6) is -5.16. The second kappa shape index (κ2) is 14.7. The fraction of sp³-hybridized carbons (Fsp3) is 0.455. The molecule has 0 saturated carbocycles. The number of aryl methyl sites for hydroxylation is 1. The van der Waals surface area contributed by atoms with E-state index < -0.39 is 71.4 Å². The van der Waals surface area contributed by atoms with Crippen molar-refractivity contribution in [1.82, 2.24) is 20.9 Å². The van der Waals surface area contributed by atoms with Crippen molar-refractivity contribution in [1.29, 1.82) is 0 Å². The molecule has 0 radical (unpaired) electrons. The molecule has 4 rings (SSSR count). The number of nitrogens with two attached hydrogens (primary N) is 1. The lowest BCUT2D eigenvalue weighted by Gasteiger charge is -2.39. The average molecular weight is 678 g/mol. The Hall–Kier alpha value is -4.26. The summed E-state index contributed by atoms with van der Waals surface area (Å²) in [5, 5.41) is 8.70. The number of hydrogen-bond acceptors (Lipinski definition) is 5. The minimum atomic E-state index is -1.64. The molecule has 3 aromatic rings. The second-order valence-corrected chi connectivity index (χ2v) is 12.6. The van der Waals surface area contributed by atoms with Crippen molar-refractivity contribution in [2.75, 3.05) is 0 Å². The molecule has 0 aliphatic heterocycles. The first kappa shape index (κ1) is 35.6. The van der Waals surface area contributed by atoms with Crippen molar-refractivity contribution in [3.63, 3.8) is 0 Å². The first-order valence-electron chi connectivity index (χ1n) is 15.5. The van der Waals surface area contributed by atoms with Crippen molar-refractivity contribution >= 4 is 46.3 Å². The Morgan fingerprint density at radius 3 is 2.19 bits per heavy atom. The monoisotopic (exact) mass is 677 g/mol. The molecule has 5 atom stereocenters. The minimum Gasteiger partial charge on any atom is -0.445 e. The summed E-state index contributed by atoms with van der Waals surface area (Å²) >= 11 is 6.31. The molecule has 1 heterocycles. The van der Waals surface area contributed by atoms with Crippen LogP contribution in [0.3, 0.4) is 0 Å². The van der Waals surface area contributed by atoms with Gasteiger partial charge in [0, 0.05) is 23.6 Å². The lowest BCUT2D eigenvalue weighted by atomic mass is 9.78. The molecule has 1 aromatic heterocycles. The van der Waals surface area contributed by atoms with Crippen LogP contribution in [0.5, 0.6) is 0 Å². The Morgan fingerprint density at radius 1 is 0.957 bits per heavy atom. The third kappa shape index (κ3) is 8.01. The van der Waals surface area contributed by atoms with E-state index in [9.17, 15) is 32.3 Å². The van der Waals surface area contributed by atoms with Gasteiger partial charge in [0.05, 0.1) is 10.5 Å². The molecule has 47 heavy (non-hydrogen) atoms. The van der Waals surface area contributed by atoms with Crippen molar-refractivity contribution < 1.29 is 37.1 Å². The van der Waals surface area contributed by atoms with Gasteiger partial charge in [-0.15, -0.1) is 0 Å². The van der Waals surface area contributed by atoms with Crippen LogP contribution in [0.15, 0.2) is 30.3 Å². The Morgan fingerprint density at radius 2 is 1.57 bits per heavy atom. The Labute approximate surface area is 275 Å². The summed E-state index contributed by atoms with van der Waals surface area (Å²) in [7, 11) is 0. The molecule has 2 aromatic carbocycles. The molecular weight excluding hydrogens is 639 g/mol. The van der Waals surface area contributed by atoms with Crippen molar-refractivity contribution in [3.8, 4) is 0 Å². The van der Waals surface area contributed by atoms with Crippen LogP contribution in [0.2, 0.25) is 5.02 Å². The van der Waals surface area contributed by atoms with E-state index in [0.29, 0.717) is 41.1 Å². The summed E-state index contributed by atoms with van der Waals surface area (Å²) in [4.78, 5) is 56.6. The van der Waals surface area contributed by atoms with E-state index in [4.69, 9.17) is 22.1 Å². The number of carbonyl (C=O) groups excluding carboxylic acids is 4. The first-order valence-corrected chi connectivity index (χ1v) is 15.8. The van der Waals surface area contributed by atoms with Crippen LogP contribution in [0.4, 0.5) is 18.0 Å². The quantitative estimate of drug-likeness (QED) is 0.184. The third-order valence-corrected chi connectivity index (χ3v) is 9.26. The zero-order valence-corrected chi connectivity index (χ0v) is 27.3. The molecule has 10 nitrogen and oxygen atoms in total. The molecule has 0 fully saturated rings. The third-order valence-electron chi connectivity index (χ3n) is 8.96. The number of amides is 4. The largest absolute Gasteiger partial charge is 0.445 e. The van der Waals surface area contributed by atoms with Crippen molar-refractivity contribution in [2.45, 2.75) is 84.0 Å². The molecule has 0 bridgehead atoms. The van der Waals surface area contributed by atoms with Gasteiger partial charge in [-0.1, -0.05) is 52.1 Å². The standard InChI is InChI=1S/C33H39ClF3N5O5/c1-5-16(3)26(29(38)43)40-31(45)33(8-7-25-23(14-33)22-12-21(37)13-24(34)28(22)39-25)42-30(44)27(17(4)6-2)41-32(46)47-15-18-9-19(35)11-20(36)10-18/h9-13,16-17,26-27,39H,5-8,14-15H2,1-4H3,(H2,38,43)(H,40,45)(H,41,46)(H,42,44)/t16-,17-,26?,27?,33+/m0/s1. The molecule has 254 valence electrons. The van der Waals surface area contributed by atoms with Gasteiger partial charge in [0.1, 0.15) is 41.7 Å². The highest BCUT2D eigenvalue weighted by Crippen LogP contribution is 2.37. The van der Waals surface area contributed by atoms with Crippen LogP contribution >= 0.6 is 11.6 Å². The van der Waals surface area contributed by atoms with E-state index in [0.717, 1.165) is 12.1 Å². The second-order valence-electron chi connectivity index (χ2n) is 12.2. The number of fused-ring (bicyclic) bond motifs is 3. The van der Waals surface area contributed by atoms with Crippen LogP contribution < -0.4 is 21.7 Å². The van der Waals surface area contributed by atoms with E-state index in [2.05, 4.69) is 20.9 Å². The van der Waals surface area contributed by atoms with Crippen LogP contribution in [0.25, 0.3) is 10.9 Å². The van der Waals surface area contributed by atoms with E-state index >= 15 is 0 Å². The number of hydrogen-bond donors (Lipinski definition) is 5. The summed E-state index contributed by atoms with van der Waals surface area (Å²) in [6, 6.07) is 2.94. The maximum Gasteiger partial charge on any atom is 0.408 e.